The van der Waals surface area contributed by atoms with Crippen LogP contribution in [0.15, 0.2) is 18.2 Å². The van der Waals surface area contributed by atoms with Gasteiger partial charge in [0.1, 0.15) is 6.54 Å². The second-order valence-electron chi connectivity index (χ2n) is 7.13. The molecule has 1 aromatic rings. The van der Waals surface area contributed by atoms with Crippen molar-refractivity contribution in [2.75, 3.05) is 11.9 Å². The lowest BCUT2D eigenvalue weighted by Gasteiger charge is -2.19. The van der Waals surface area contributed by atoms with Gasteiger partial charge in [0.2, 0.25) is 11.8 Å². The number of thiocarbonyl (C=S) groups is 1. The number of carbonyl (C=O) groups is 3. The smallest absolute Gasteiger partial charge is 0.258 e. The van der Waals surface area contributed by atoms with Crippen LogP contribution in [0.2, 0.25) is 0 Å². The third-order valence-electron chi connectivity index (χ3n) is 5.40. The van der Waals surface area contributed by atoms with Crippen molar-refractivity contribution < 1.29 is 14.4 Å². The topological polar surface area (TPSA) is 90.5 Å². The maximum absolute atomic E-state index is 12.4. The summed E-state index contributed by atoms with van der Waals surface area (Å²) in [5.74, 6) is -1.44. The number of carbonyl (C=O) groups excluding carboxylic acids is 3. The number of anilines is 1. The Kier molecular flexibility index (Phi) is 5.74. The molecule has 2 unspecified atom stereocenters. The second kappa shape index (κ2) is 8.04. The number of benzene rings is 1. The Labute approximate surface area is 163 Å². The lowest BCUT2D eigenvalue weighted by Crippen LogP contribution is -2.49. The number of nitrogens with one attached hydrogen (secondary N) is 3. The van der Waals surface area contributed by atoms with Crippen LogP contribution in [0.4, 0.5) is 5.69 Å². The third-order valence-corrected chi connectivity index (χ3v) is 5.61. The Morgan fingerprint density at radius 1 is 1.11 bits per heavy atom. The predicted molar refractivity (Wildman–Crippen MR) is 106 cm³/mol. The quantitative estimate of drug-likeness (QED) is 0.416. The molecule has 2 fully saturated rings. The molecule has 1 saturated heterocycles. The first-order valence-electron chi connectivity index (χ1n) is 9.15. The Morgan fingerprint density at radius 3 is 2.37 bits per heavy atom. The van der Waals surface area contributed by atoms with Gasteiger partial charge in [-0.15, -0.1) is 0 Å². The molecule has 2 aliphatic rings. The summed E-state index contributed by atoms with van der Waals surface area (Å²) in [5.41, 5.74) is 8.09. The number of imide groups is 1. The molecule has 7 nitrogen and oxygen atoms in total. The molecular weight excluding hydrogens is 364 g/mol. The largest absolute Gasteiger partial charge is 0.331 e. The van der Waals surface area contributed by atoms with E-state index in [1.807, 2.05) is 32.0 Å². The van der Waals surface area contributed by atoms with Crippen LogP contribution in [0.3, 0.4) is 0 Å². The number of hydrogen-bond donors (Lipinski definition) is 3. The summed E-state index contributed by atoms with van der Waals surface area (Å²) in [6, 6.07) is 5.80. The summed E-state index contributed by atoms with van der Waals surface area (Å²) in [6.07, 6.45) is 3.38. The highest BCUT2D eigenvalue weighted by Gasteiger charge is 2.48. The molecule has 2 atom stereocenters. The first-order chi connectivity index (χ1) is 12.9. The lowest BCUT2D eigenvalue weighted by atomic mass is 9.81. The summed E-state index contributed by atoms with van der Waals surface area (Å²) in [5, 5.41) is 3.24. The van der Waals surface area contributed by atoms with Gasteiger partial charge in [-0.25, -0.2) is 0 Å². The molecular formula is C19H24N4O3S. The van der Waals surface area contributed by atoms with E-state index in [0.29, 0.717) is 0 Å². The molecule has 1 aliphatic carbocycles. The molecule has 27 heavy (non-hydrogen) atoms. The monoisotopic (exact) mass is 388 g/mol. The summed E-state index contributed by atoms with van der Waals surface area (Å²) in [6.45, 7) is 3.69. The van der Waals surface area contributed by atoms with Crippen molar-refractivity contribution in [2.45, 2.75) is 39.5 Å². The second-order valence-corrected chi connectivity index (χ2v) is 7.54. The fourth-order valence-electron chi connectivity index (χ4n) is 3.74. The Hall–Kier alpha value is -2.48. The number of aryl methyl sites for hydroxylation is 1. The zero-order valence-corrected chi connectivity index (χ0v) is 16.3. The predicted octanol–water partition coefficient (Wildman–Crippen LogP) is 1.80. The van der Waals surface area contributed by atoms with E-state index in [0.717, 1.165) is 47.4 Å². The first-order valence-corrected chi connectivity index (χ1v) is 9.56. The van der Waals surface area contributed by atoms with E-state index in [1.165, 1.54) is 0 Å². The zero-order valence-electron chi connectivity index (χ0n) is 15.5. The van der Waals surface area contributed by atoms with Gasteiger partial charge in [-0.05, 0) is 56.1 Å². The molecule has 144 valence electrons. The van der Waals surface area contributed by atoms with Crippen molar-refractivity contribution in [2.24, 2.45) is 11.8 Å². The molecule has 3 amide bonds. The average Bonchev–Trinajstić information content (AvgIpc) is 2.89. The molecule has 8 heteroatoms. The summed E-state index contributed by atoms with van der Waals surface area (Å²) < 4.78 is 0. The molecule has 1 aliphatic heterocycles. The Bertz CT molecular complexity index is 771. The average molecular weight is 388 g/mol. The van der Waals surface area contributed by atoms with E-state index in [9.17, 15) is 14.4 Å². The molecule has 1 saturated carbocycles. The van der Waals surface area contributed by atoms with Gasteiger partial charge in [0, 0.05) is 5.69 Å². The highest BCUT2D eigenvalue weighted by molar-refractivity contribution is 7.80. The third kappa shape index (κ3) is 4.10. The van der Waals surface area contributed by atoms with Gasteiger partial charge >= 0.3 is 0 Å². The van der Waals surface area contributed by atoms with Crippen LogP contribution in [-0.4, -0.2) is 34.3 Å². The number of hydrazine groups is 1. The van der Waals surface area contributed by atoms with E-state index in [2.05, 4.69) is 16.2 Å². The van der Waals surface area contributed by atoms with Crippen LogP contribution in [0.1, 0.15) is 36.8 Å². The number of rotatable bonds is 3. The van der Waals surface area contributed by atoms with Gasteiger partial charge in [0.25, 0.3) is 5.91 Å². The van der Waals surface area contributed by atoms with E-state index in [-0.39, 0.29) is 35.3 Å². The van der Waals surface area contributed by atoms with Crippen LogP contribution < -0.4 is 16.2 Å². The molecule has 1 heterocycles. The number of nitrogens with zero attached hydrogens (tertiary/aromatic N) is 1. The molecule has 0 aromatic heterocycles. The van der Waals surface area contributed by atoms with Crippen molar-refractivity contribution in [3.63, 3.8) is 0 Å². The van der Waals surface area contributed by atoms with Gasteiger partial charge in [0.05, 0.1) is 11.8 Å². The summed E-state index contributed by atoms with van der Waals surface area (Å²) >= 11 is 5.19. The van der Waals surface area contributed by atoms with Gasteiger partial charge in [0.15, 0.2) is 5.11 Å². The normalized spacial score (nSPS) is 21.6. The number of amides is 3. The summed E-state index contributed by atoms with van der Waals surface area (Å²) in [7, 11) is 0. The molecule has 1 aromatic carbocycles. The fraction of sp³-hybridized carbons (Fsp3) is 0.474. The summed E-state index contributed by atoms with van der Waals surface area (Å²) in [4.78, 5) is 38.1. The molecule has 0 bridgehead atoms. The minimum atomic E-state index is -0.486. The van der Waals surface area contributed by atoms with Crippen LogP contribution in [0.5, 0.6) is 0 Å². The molecule has 3 rings (SSSR count). The maximum atomic E-state index is 12.4. The highest BCUT2D eigenvalue weighted by atomic mass is 32.1. The lowest BCUT2D eigenvalue weighted by molar-refractivity contribution is -0.143. The van der Waals surface area contributed by atoms with Crippen LogP contribution in [0, 0.1) is 25.7 Å². The van der Waals surface area contributed by atoms with Crippen molar-refractivity contribution in [3.8, 4) is 0 Å². The maximum Gasteiger partial charge on any atom is 0.258 e. The van der Waals surface area contributed by atoms with Crippen LogP contribution in [-0.2, 0) is 14.4 Å². The number of fused-ring (bicyclic) bond motifs is 1. The van der Waals surface area contributed by atoms with Crippen LogP contribution >= 0.6 is 12.2 Å². The van der Waals surface area contributed by atoms with Crippen molar-refractivity contribution in [1.82, 2.24) is 15.8 Å². The number of likely N-dealkylation sites (tertiary alicyclic amines) is 1. The fourth-order valence-corrected chi connectivity index (χ4v) is 3.90. The highest BCUT2D eigenvalue weighted by Crippen LogP contribution is 2.37. The standard InChI is InChI=1S/C19H24N4O3S/c1-11-6-5-9-15(12(11)2)20-19(27)22-21-16(24)10-23-17(25)13-7-3-4-8-14(13)18(23)26/h5-6,9,13-14H,3-4,7-8,10H2,1-2H3,(H,21,24)(H2,20,22,27). The SMILES string of the molecule is Cc1cccc(NC(=S)NNC(=O)CN2C(=O)C3CCCCC3C2=O)c1C. The van der Waals surface area contributed by atoms with E-state index >= 15 is 0 Å². The van der Waals surface area contributed by atoms with Gasteiger partial charge in [-0.1, -0.05) is 25.0 Å². The molecule has 0 radical (unpaired) electrons. The minimum Gasteiger partial charge on any atom is -0.331 e. The van der Waals surface area contributed by atoms with E-state index in [4.69, 9.17) is 12.2 Å². The van der Waals surface area contributed by atoms with Crippen molar-refractivity contribution in [3.05, 3.63) is 29.3 Å². The van der Waals surface area contributed by atoms with Crippen molar-refractivity contribution in [1.29, 1.82) is 0 Å². The molecule has 0 spiro atoms. The number of hydrogen-bond acceptors (Lipinski definition) is 4. The Morgan fingerprint density at radius 2 is 1.74 bits per heavy atom. The first kappa shape index (κ1) is 19.3. The van der Waals surface area contributed by atoms with E-state index < -0.39 is 5.91 Å². The zero-order chi connectivity index (χ0) is 19.6. The van der Waals surface area contributed by atoms with Crippen LogP contribution in [0.25, 0.3) is 0 Å². The van der Waals surface area contributed by atoms with Gasteiger partial charge < -0.3 is 5.32 Å². The minimum absolute atomic E-state index is 0.226. The molecule has 3 N–H and O–H groups in total. The van der Waals surface area contributed by atoms with Gasteiger partial charge in [-0.3, -0.25) is 30.1 Å². The Balaban J connectivity index is 1.51. The van der Waals surface area contributed by atoms with Crippen molar-refractivity contribution >= 4 is 40.7 Å². The van der Waals surface area contributed by atoms with E-state index in [1.54, 1.807) is 0 Å². The van der Waals surface area contributed by atoms with Gasteiger partial charge in [-0.2, -0.15) is 0 Å².